The zero-order chi connectivity index (χ0) is 13.7. The third kappa shape index (κ3) is 3.69. The molecular weight excluding hydrogens is 244 g/mol. The predicted octanol–water partition coefficient (Wildman–Crippen LogP) is 1.12. The van der Waals surface area contributed by atoms with E-state index in [-0.39, 0.29) is 0 Å². The van der Waals surface area contributed by atoms with E-state index in [1.54, 1.807) is 25.2 Å². The summed E-state index contributed by atoms with van der Waals surface area (Å²) in [5.41, 5.74) is 1.09. The molecule has 0 radical (unpaired) electrons. The molecule has 0 bridgehead atoms. The van der Waals surface area contributed by atoms with Crippen LogP contribution < -0.4 is 14.8 Å². The van der Waals surface area contributed by atoms with Crippen molar-refractivity contribution in [2.45, 2.75) is 13.1 Å². The Morgan fingerprint density at radius 2 is 1.79 bits per heavy atom. The molecule has 102 valence electrons. The van der Waals surface area contributed by atoms with Gasteiger partial charge in [-0.3, -0.25) is 4.68 Å². The SMILES string of the molecule is COc1cc(CNCc2ncn(C)n2)cc(OC)c1. The highest BCUT2D eigenvalue weighted by atomic mass is 16.5. The topological polar surface area (TPSA) is 61.2 Å². The first kappa shape index (κ1) is 13.4. The minimum absolute atomic E-state index is 0.625. The Labute approximate surface area is 112 Å². The van der Waals surface area contributed by atoms with Crippen LogP contribution in [0, 0.1) is 0 Å². The smallest absolute Gasteiger partial charge is 0.164 e. The molecule has 0 amide bonds. The molecule has 0 aliphatic heterocycles. The number of aromatic nitrogens is 3. The Morgan fingerprint density at radius 1 is 1.11 bits per heavy atom. The third-order valence-electron chi connectivity index (χ3n) is 2.67. The molecule has 0 atom stereocenters. The van der Waals surface area contributed by atoms with Gasteiger partial charge in [0.15, 0.2) is 5.82 Å². The second kappa shape index (κ2) is 6.19. The van der Waals surface area contributed by atoms with Crippen molar-refractivity contribution in [1.82, 2.24) is 20.1 Å². The average molecular weight is 262 g/mol. The van der Waals surface area contributed by atoms with Crippen LogP contribution in [0.25, 0.3) is 0 Å². The van der Waals surface area contributed by atoms with Crippen LogP contribution in [-0.4, -0.2) is 29.0 Å². The Hall–Kier alpha value is -2.08. The summed E-state index contributed by atoms with van der Waals surface area (Å²) in [6.07, 6.45) is 1.69. The lowest BCUT2D eigenvalue weighted by Gasteiger charge is -2.08. The van der Waals surface area contributed by atoms with Crippen LogP contribution in [0.5, 0.6) is 11.5 Å². The van der Waals surface area contributed by atoms with Gasteiger partial charge in [-0.05, 0) is 17.7 Å². The molecule has 2 rings (SSSR count). The van der Waals surface area contributed by atoms with E-state index in [1.807, 2.05) is 25.2 Å². The lowest BCUT2D eigenvalue weighted by atomic mass is 10.2. The fourth-order valence-electron chi connectivity index (χ4n) is 1.75. The molecule has 1 heterocycles. The van der Waals surface area contributed by atoms with Crippen LogP contribution >= 0.6 is 0 Å². The van der Waals surface area contributed by atoms with E-state index < -0.39 is 0 Å². The highest BCUT2D eigenvalue weighted by molar-refractivity contribution is 5.38. The number of methoxy groups -OCH3 is 2. The van der Waals surface area contributed by atoms with Gasteiger partial charge in [-0.2, -0.15) is 5.10 Å². The summed E-state index contributed by atoms with van der Waals surface area (Å²) < 4.78 is 12.1. The van der Waals surface area contributed by atoms with Crippen LogP contribution in [0.15, 0.2) is 24.5 Å². The van der Waals surface area contributed by atoms with Gasteiger partial charge >= 0.3 is 0 Å². The molecule has 6 nitrogen and oxygen atoms in total. The quantitative estimate of drug-likeness (QED) is 0.845. The molecule has 1 N–H and O–H groups in total. The fraction of sp³-hybridized carbons (Fsp3) is 0.385. The largest absolute Gasteiger partial charge is 0.497 e. The normalized spacial score (nSPS) is 10.5. The molecule has 6 heteroatoms. The van der Waals surface area contributed by atoms with Crippen LogP contribution in [0.3, 0.4) is 0 Å². The predicted molar refractivity (Wildman–Crippen MR) is 71.1 cm³/mol. The zero-order valence-corrected chi connectivity index (χ0v) is 11.4. The van der Waals surface area contributed by atoms with Gasteiger partial charge in [0.25, 0.3) is 0 Å². The molecule has 0 saturated carbocycles. The van der Waals surface area contributed by atoms with E-state index in [4.69, 9.17) is 9.47 Å². The van der Waals surface area contributed by atoms with Crippen molar-refractivity contribution < 1.29 is 9.47 Å². The van der Waals surface area contributed by atoms with E-state index in [0.29, 0.717) is 13.1 Å². The van der Waals surface area contributed by atoms with Crippen molar-refractivity contribution in [3.05, 3.63) is 35.9 Å². The maximum atomic E-state index is 5.23. The molecule has 0 aliphatic carbocycles. The van der Waals surface area contributed by atoms with Crippen LogP contribution in [0.4, 0.5) is 0 Å². The van der Waals surface area contributed by atoms with Gasteiger partial charge in [-0.15, -0.1) is 0 Å². The van der Waals surface area contributed by atoms with Gasteiger partial charge < -0.3 is 14.8 Å². The van der Waals surface area contributed by atoms with Gasteiger partial charge in [0.1, 0.15) is 17.8 Å². The van der Waals surface area contributed by atoms with Crippen LogP contribution in [-0.2, 0) is 20.1 Å². The zero-order valence-electron chi connectivity index (χ0n) is 11.4. The summed E-state index contributed by atoms with van der Waals surface area (Å²) in [4.78, 5) is 4.15. The molecule has 0 unspecified atom stereocenters. The number of nitrogens with zero attached hydrogens (tertiary/aromatic N) is 3. The number of aryl methyl sites for hydroxylation is 1. The lowest BCUT2D eigenvalue weighted by molar-refractivity contribution is 0.393. The lowest BCUT2D eigenvalue weighted by Crippen LogP contribution is -2.14. The van der Waals surface area contributed by atoms with E-state index in [2.05, 4.69) is 15.4 Å². The van der Waals surface area contributed by atoms with E-state index in [0.717, 1.165) is 22.9 Å². The van der Waals surface area contributed by atoms with Crippen molar-refractivity contribution in [2.24, 2.45) is 7.05 Å². The first-order valence-corrected chi connectivity index (χ1v) is 5.98. The highest BCUT2D eigenvalue weighted by Gasteiger charge is 2.03. The summed E-state index contributed by atoms with van der Waals surface area (Å²) in [7, 11) is 5.14. The Kier molecular flexibility index (Phi) is 4.35. The van der Waals surface area contributed by atoms with E-state index >= 15 is 0 Å². The summed E-state index contributed by atoms with van der Waals surface area (Å²) in [6, 6.07) is 5.80. The van der Waals surface area contributed by atoms with E-state index in [9.17, 15) is 0 Å². The van der Waals surface area contributed by atoms with Crippen LogP contribution in [0.1, 0.15) is 11.4 Å². The molecule has 0 spiro atoms. The molecule has 0 fully saturated rings. The van der Waals surface area contributed by atoms with Crippen molar-refractivity contribution in [2.75, 3.05) is 14.2 Å². The number of rotatable bonds is 6. The maximum absolute atomic E-state index is 5.23. The second-order valence-electron chi connectivity index (χ2n) is 4.16. The molecule has 1 aromatic carbocycles. The summed E-state index contributed by atoms with van der Waals surface area (Å²) >= 11 is 0. The monoisotopic (exact) mass is 262 g/mol. The first-order valence-electron chi connectivity index (χ1n) is 5.98. The van der Waals surface area contributed by atoms with Crippen molar-refractivity contribution >= 4 is 0 Å². The standard InChI is InChI=1S/C13H18N4O2/c1-17-9-15-13(16-17)8-14-7-10-4-11(18-2)6-12(5-10)19-3/h4-6,9,14H,7-8H2,1-3H3. The Balaban J connectivity index is 1.95. The summed E-state index contributed by atoms with van der Waals surface area (Å²) in [5.74, 6) is 2.34. The average Bonchev–Trinajstić information content (AvgIpc) is 2.84. The molecule has 19 heavy (non-hydrogen) atoms. The van der Waals surface area contributed by atoms with Gasteiger partial charge in [-0.25, -0.2) is 4.98 Å². The van der Waals surface area contributed by atoms with Gasteiger partial charge in [0, 0.05) is 19.7 Å². The first-order chi connectivity index (χ1) is 9.21. The third-order valence-corrected chi connectivity index (χ3v) is 2.67. The Morgan fingerprint density at radius 3 is 2.32 bits per heavy atom. The number of nitrogens with one attached hydrogen (secondary N) is 1. The molecule has 0 aliphatic rings. The number of hydrogen-bond donors (Lipinski definition) is 1. The molecule has 2 aromatic rings. The van der Waals surface area contributed by atoms with Crippen molar-refractivity contribution in [3.8, 4) is 11.5 Å². The molecular formula is C13H18N4O2. The number of hydrogen-bond acceptors (Lipinski definition) is 5. The minimum atomic E-state index is 0.625. The van der Waals surface area contributed by atoms with Crippen molar-refractivity contribution in [1.29, 1.82) is 0 Å². The fourth-order valence-corrected chi connectivity index (χ4v) is 1.75. The number of benzene rings is 1. The van der Waals surface area contributed by atoms with Crippen molar-refractivity contribution in [3.63, 3.8) is 0 Å². The second-order valence-corrected chi connectivity index (χ2v) is 4.16. The molecule has 0 saturated heterocycles. The van der Waals surface area contributed by atoms with Gasteiger partial charge in [-0.1, -0.05) is 0 Å². The molecule has 1 aromatic heterocycles. The summed E-state index contributed by atoms with van der Waals surface area (Å²) in [6.45, 7) is 1.33. The number of ether oxygens (including phenoxy) is 2. The van der Waals surface area contributed by atoms with E-state index in [1.165, 1.54) is 0 Å². The highest BCUT2D eigenvalue weighted by Crippen LogP contribution is 2.22. The Bertz CT molecular complexity index is 517. The minimum Gasteiger partial charge on any atom is -0.497 e. The maximum Gasteiger partial charge on any atom is 0.164 e. The van der Waals surface area contributed by atoms with Gasteiger partial charge in [0.05, 0.1) is 20.8 Å². The van der Waals surface area contributed by atoms with Crippen LogP contribution in [0.2, 0.25) is 0 Å². The summed E-state index contributed by atoms with van der Waals surface area (Å²) in [5, 5.41) is 7.49. The van der Waals surface area contributed by atoms with Gasteiger partial charge in [0.2, 0.25) is 0 Å².